The van der Waals surface area contributed by atoms with Crippen LogP contribution < -0.4 is 4.90 Å². The molecule has 0 unspecified atom stereocenters. The summed E-state index contributed by atoms with van der Waals surface area (Å²) in [7, 11) is 0. The van der Waals surface area contributed by atoms with Gasteiger partial charge in [0.15, 0.2) is 0 Å². The highest BCUT2D eigenvalue weighted by molar-refractivity contribution is 6.30. The summed E-state index contributed by atoms with van der Waals surface area (Å²) in [6.45, 7) is 2.06. The molecule has 1 aromatic rings. The molecule has 76 valence electrons. The van der Waals surface area contributed by atoms with Crippen LogP contribution in [0.5, 0.6) is 0 Å². The van der Waals surface area contributed by atoms with Gasteiger partial charge >= 0.3 is 0 Å². The first kappa shape index (κ1) is 9.78. The molecule has 1 heterocycles. The van der Waals surface area contributed by atoms with Gasteiger partial charge < -0.3 is 4.90 Å². The van der Waals surface area contributed by atoms with Crippen LogP contribution in [0.4, 0.5) is 10.1 Å². The molecule has 14 heavy (non-hydrogen) atoms. The largest absolute Gasteiger partial charge is 0.371 e. The van der Waals surface area contributed by atoms with Crippen molar-refractivity contribution < 1.29 is 4.39 Å². The van der Waals surface area contributed by atoms with Gasteiger partial charge in [-0.3, -0.25) is 0 Å². The summed E-state index contributed by atoms with van der Waals surface area (Å²) in [4.78, 5) is 2.21. The molecule has 1 fully saturated rings. The van der Waals surface area contributed by atoms with Crippen molar-refractivity contribution in [3.05, 3.63) is 29.0 Å². The van der Waals surface area contributed by atoms with E-state index >= 15 is 0 Å². The minimum absolute atomic E-state index is 0.200. The van der Waals surface area contributed by atoms with Crippen molar-refractivity contribution in [2.45, 2.75) is 19.3 Å². The lowest BCUT2D eigenvalue weighted by Gasteiger charge is -2.28. The minimum atomic E-state index is -0.324. The van der Waals surface area contributed by atoms with Gasteiger partial charge in [0.05, 0.1) is 5.02 Å². The Hall–Kier alpha value is -0.760. The zero-order valence-corrected chi connectivity index (χ0v) is 8.73. The minimum Gasteiger partial charge on any atom is -0.371 e. The Kier molecular flexibility index (Phi) is 2.92. The Balaban J connectivity index is 2.18. The number of piperidine rings is 1. The second kappa shape index (κ2) is 4.18. The number of nitrogens with zero attached hydrogens (tertiary/aromatic N) is 1. The molecular weight excluding hydrogens is 201 g/mol. The van der Waals surface area contributed by atoms with E-state index in [1.54, 1.807) is 6.07 Å². The third-order valence-electron chi connectivity index (χ3n) is 2.62. The van der Waals surface area contributed by atoms with Crippen molar-refractivity contribution >= 4 is 17.3 Å². The first-order valence-electron chi connectivity index (χ1n) is 4.97. The number of hydrogen-bond donors (Lipinski definition) is 0. The highest BCUT2D eigenvalue weighted by Gasteiger charge is 2.12. The second-order valence-electron chi connectivity index (χ2n) is 3.65. The van der Waals surface area contributed by atoms with E-state index < -0.39 is 0 Å². The van der Waals surface area contributed by atoms with Crippen LogP contribution in [0.2, 0.25) is 5.02 Å². The molecular formula is C11H13ClFN. The third-order valence-corrected chi connectivity index (χ3v) is 2.93. The summed E-state index contributed by atoms with van der Waals surface area (Å²) in [5, 5.41) is 0.200. The quantitative estimate of drug-likeness (QED) is 0.691. The molecule has 2 rings (SSSR count). The van der Waals surface area contributed by atoms with Gasteiger partial charge in [0.1, 0.15) is 5.82 Å². The summed E-state index contributed by atoms with van der Waals surface area (Å²) in [5.41, 5.74) is 0.951. The molecule has 0 saturated carbocycles. The van der Waals surface area contributed by atoms with Crippen LogP contribution in [0.15, 0.2) is 18.2 Å². The van der Waals surface area contributed by atoms with E-state index in [1.807, 2.05) is 6.07 Å². The van der Waals surface area contributed by atoms with Crippen molar-refractivity contribution in [2.24, 2.45) is 0 Å². The number of hydrogen-bond acceptors (Lipinski definition) is 1. The monoisotopic (exact) mass is 213 g/mol. The van der Waals surface area contributed by atoms with E-state index in [4.69, 9.17) is 11.6 Å². The summed E-state index contributed by atoms with van der Waals surface area (Å²) >= 11 is 5.63. The molecule has 1 saturated heterocycles. The van der Waals surface area contributed by atoms with Crippen LogP contribution in [0.25, 0.3) is 0 Å². The Morgan fingerprint density at radius 1 is 1.14 bits per heavy atom. The predicted octanol–water partition coefficient (Wildman–Crippen LogP) is 3.47. The summed E-state index contributed by atoms with van der Waals surface area (Å²) in [6.07, 6.45) is 3.68. The van der Waals surface area contributed by atoms with Gasteiger partial charge in [0, 0.05) is 18.8 Å². The van der Waals surface area contributed by atoms with Gasteiger partial charge in [0.2, 0.25) is 0 Å². The fourth-order valence-electron chi connectivity index (χ4n) is 1.83. The van der Waals surface area contributed by atoms with Gasteiger partial charge in [0.25, 0.3) is 0 Å². The smallest absolute Gasteiger partial charge is 0.143 e. The predicted molar refractivity (Wildman–Crippen MR) is 57.5 cm³/mol. The Bertz CT molecular complexity index is 321. The molecule has 1 nitrogen and oxygen atoms in total. The molecule has 1 aliphatic rings. The van der Waals surface area contributed by atoms with Gasteiger partial charge in [-0.25, -0.2) is 4.39 Å². The molecule has 0 bridgehead atoms. The van der Waals surface area contributed by atoms with Crippen LogP contribution in [0.1, 0.15) is 19.3 Å². The average Bonchev–Trinajstić information content (AvgIpc) is 2.23. The topological polar surface area (TPSA) is 3.24 Å². The standard InChI is InChI=1S/C11H13ClFN/c12-10-5-4-9(8-11(10)13)14-6-2-1-3-7-14/h4-5,8H,1-3,6-7H2. The molecule has 0 N–H and O–H groups in total. The number of anilines is 1. The summed E-state index contributed by atoms with van der Waals surface area (Å²) in [6, 6.07) is 5.03. The van der Waals surface area contributed by atoms with E-state index in [0.29, 0.717) is 0 Å². The fraction of sp³-hybridized carbons (Fsp3) is 0.455. The van der Waals surface area contributed by atoms with E-state index in [-0.39, 0.29) is 10.8 Å². The van der Waals surface area contributed by atoms with Crippen LogP contribution >= 0.6 is 11.6 Å². The molecule has 0 atom stereocenters. The molecule has 0 radical (unpaired) electrons. The molecule has 0 aliphatic carbocycles. The summed E-state index contributed by atoms with van der Waals surface area (Å²) < 4.78 is 13.2. The highest BCUT2D eigenvalue weighted by Crippen LogP contribution is 2.24. The second-order valence-corrected chi connectivity index (χ2v) is 4.05. The zero-order chi connectivity index (χ0) is 9.97. The average molecular weight is 214 g/mol. The third kappa shape index (κ3) is 2.01. The molecule has 3 heteroatoms. The molecule has 1 aliphatic heterocycles. The summed E-state index contributed by atoms with van der Waals surface area (Å²) in [5.74, 6) is -0.324. The lowest BCUT2D eigenvalue weighted by molar-refractivity contribution is 0.574. The number of halogens is 2. The first-order chi connectivity index (χ1) is 6.77. The van der Waals surface area contributed by atoms with Crippen molar-refractivity contribution in [1.82, 2.24) is 0 Å². The van der Waals surface area contributed by atoms with E-state index in [1.165, 1.54) is 25.3 Å². The normalized spacial score (nSPS) is 17.1. The maximum absolute atomic E-state index is 13.2. The number of benzene rings is 1. The van der Waals surface area contributed by atoms with E-state index in [9.17, 15) is 4.39 Å². The maximum Gasteiger partial charge on any atom is 0.143 e. The number of rotatable bonds is 1. The van der Waals surface area contributed by atoms with Crippen molar-refractivity contribution in [3.8, 4) is 0 Å². The zero-order valence-electron chi connectivity index (χ0n) is 7.97. The van der Waals surface area contributed by atoms with Crippen molar-refractivity contribution in [1.29, 1.82) is 0 Å². The maximum atomic E-state index is 13.2. The van der Waals surface area contributed by atoms with Gasteiger partial charge in [-0.1, -0.05) is 11.6 Å². The Labute approximate surface area is 88.5 Å². The SMILES string of the molecule is Fc1cc(N2CCCCC2)ccc1Cl. The van der Waals surface area contributed by atoms with Crippen LogP contribution in [-0.2, 0) is 0 Å². The van der Waals surface area contributed by atoms with Gasteiger partial charge in [-0.05, 0) is 37.5 Å². The van der Waals surface area contributed by atoms with Crippen LogP contribution in [-0.4, -0.2) is 13.1 Å². The van der Waals surface area contributed by atoms with Crippen LogP contribution in [0, 0.1) is 5.82 Å². The highest BCUT2D eigenvalue weighted by atomic mass is 35.5. The van der Waals surface area contributed by atoms with E-state index in [0.717, 1.165) is 18.8 Å². The van der Waals surface area contributed by atoms with Crippen molar-refractivity contribution in [2.75, 3.05) is 18.0 Å². The van der Waals surface area contributed by atoms with Crippen molar-refractivity contribution in [3.63, 3.8) is 0 Å². The molecule has 1 aromatic carbocycles. The fourth-order valence-corrected chi connectivity index (χ4v) is 1.95. The Morgan fingerprint density at radius 2 is 1.86 bits per heavy atom. The molecule has 0 spiro atoms. The Morgan fingerprint density at radius 3 is 2.50 bits per heavy atom. The molecule has 0 aromatic heterocycles. The molecule has 0 amide bonds. The first-order valence-corrected chi connectivity index (χ1v) is 5.35. The van der Waals surface area contributed by atoms with Gasteiger partial charge in [-0.2, -0.15) is 0 Å². The van der Waals surface area contributed by atoms with Crippen LogP contribution in [0.3, 0.4) is 0 Å². The lowest BCUT2D eigenvalue weighted by atomic mass is 10.1. The lowest BCUT2D eigenvalue weighted by Crippen LogP contribution is -2.29. The van der Waals surface area contributed by atoms with E-state index in [2.05, 4.69) is 4.90 Å². The van der Waals surface area contributed by atoms with Gasteiger partial charge in [-0.15, -0.1) is 0 Å².